The Balaban J connectivity index is 1.96. The van der Waals surface area contributed by atoms with Crippen molar-refractivity contribution in [1.82, 2.24) is 9.97 Å². The van der Waals surface area contributed by atoms with Crippen LogP contribution in [0.2, 0.25) is 0 Å². The molecule has 98 valence electrons. The largest absolute Gasteiger partial charge is 0.293 e. The minimum absolute atomic E-state index is 0.0650. The third kappa shape index (κ3) is 2.30. The summed E-state index contributed by atoms with van der Waals surface area (Å²) < 4.78 is 0. The van der Waals surface area contributed by atoms with Gasteiger partial charge in [-0.05, 0) is 19.1 Å². The van der Waals surface area contributed by atoms with Gasteiger partial charge >= 0.3 is 0 Å². The summed E-state index contributed by atoms with van der Waals surface area (Å²) in [7, 11) is 0. The third-order valence-electron chi connectivity index (χ3n) is 3.36. The molecule has 1 aromatic heterocycles. The highest BCUT2D eigenvalue weighted by Crippen LogP contribution is 2.20. The molecule has 0 spiro atoms. The summed E-state index contributed by atoms with van der Waals surface area (Å²) in [5.74, 6) is -0.232. The van der Waals surface area contributed by atoms with Gasteiger partial charge in [-0.2, -0.15) is 0 Å². The summed E-state index contributed by atoms with van der Waals surface area (Å²) in [6.45, 7) is 1.87. The topological polar surface area (TPSA) is 42.9 Å². The number of carbonyl (C=O) groups is 1. The van der Waals surface area contributed by atoms with Crippen molar-refractivity contribution in [2.24, 2.45) is 0 Å². The first-order valence-corrected chi connectivity index (χ1v) is 6.56. The van der Waals surface area contributed by atoms with Gasteiger partial charge < -0.3 is 0 Å². The van der Waals surface area contributed by atoms with Crippen molar-refractivity contribution in [3.63, 3.8) is 0 Å². The number of para-hydroxylation sites is 2. The van der Waals surface area contributed by atoms with Gasteiger partial charge in [0.15, 0.2) is 5.78 Å². The maximum atomic E-state index is 12.4. The van der Waals surface area contributed by atoms with Crippen LogP contribution in [0.5, 0.6) is 0 Å². The van der Waals surface area contributed by atoms with Crippen LogP contribution in [-0.4, -0.2) is 15.8 Å². The normalized spacial score (nSPS) is 12.2. The minimum Gasteiger partial charge on any atom is -0.293 e. The number of hydrogen-bond acceptors (Lipinski definition) is 3. The third-order valence-corrected chi connectivity index (χ3v) is 3.36. The average Bonchev–Trinajstić information content (AvgIpc) is 2.54. The molecule has 3 rings (SSSR count). The van der Waals surface area contributed by atoms with Crippen molar-refractivity contribution in [2.75, 3.05) is 0 Å². The molecule has 1 unspecified atom stereocenters. The van der Waals surface area contributed by atoms with E-state index >= 15 is 0 Å². The Morgan fingerprint density at radius 1 is 0.950 bits per heavy atom. The van der Waals surface area contributed by atoms with Crippen LogP contribution in [0.25, 0.3) is 11.0 Å². The van der Waals surface area contributed by atoms with Crippen LogP contribution < -0.4 is 0 Å². The Bertz CT molecular complexity index is 753. The van der Waals surface area contributed by atoms with Gasteiger partial charge in [0.25, 0.3) is 0 Å². The Labute approximate surface area is 117 Å². The van der Waals surface area contributed by atoms with Gasteiger partial charge in [-0.15, -0.1) is 0 Å². The molecule has 20 heavy (non-hydrogen) atoms. The van der Waals surface area contributed by atoms with Gasteiger partial charge in [-0.1, -0.05) is 42.5 Å². The van der Waals surface area contributed by atoms with E-state index in [0.717, 1.165) is 11.0 Å². The number of fused-ring (bicyclic) bond motifs is 1. The lowest BCUT2D eigenvalue weighted by Gasteiger charge is -2.10. The molecule has 0 saturated carbocycles. The first-order chi connectivity index (χ1) is 9.75. The molecule has 0 radical (unpaired) electrons. The summed E-state index contributed by atoms with van der Waals surface area (Å²) in [6, 6.07) is 17.0. The number of Topliss-reactive ketones (excluding diaryl/α,β-unsaturated/α-hetero) is 1. The molecule has 2 aromatic carbocycles. The first kappa shape index (κ1) is 12.5. The van der Waals surface area contributed by atoms with E-state index in [9.17, 15) is 4.79 Å². The second-order valence-electron chi connectivity index (χ2n) is 4.74. The van der Waals surface area contributed by atoms with E-state index in [1.807, 2.05) is 61.5 Å². The zero-order chi connectivity index (χ0) is 13.9. The molecule has 0 amide bonds. The van der Waals surface area contributed by atoms with Crippen LogP contribution in [0.1, 0.15) is 28.9 Å². The number of hydrogen-bond donors (Lipinski definition) is 0. The maximum Gasteiger partial charge on any atom is 0.171 e. The molecule has 0 fully saturated rings. The Hall–Kier alpha value is -2.55. The zero-order valence-corrected chi connectivity index (χ0v) is 11.2. The molecule has 0 aliphatic heterocycles. The molecule has 0 bridgehead atoms. The number of carbonyl (C=O) groups excluding carboxylic acids is 1. The first-order valence-electron chi connectivity index (χ1n) is 6.56. The Morgan fingerprint density at radius 2 is 1.60 bits per heavy atom. The van der Waals surface area contributed by atoms with E-state index in [4.69, 9.17) is 0 Å². The van der Waals surface area contributed by atoms with Crippen LogP contribution in [0.4, 0.5) is 0 Å². The number of rotatable bonds is 3. The monoisotopic (exact) mass is 262 g/mol. The molecule has 3 nitrogen and oxygen atoms in total. The molecule has 0 N–H and O–H groups in total. The Morgan fingerprint density at radius 3 is 2.35 bits per heavy atom. The standard InChI is InChI=1S/C17H14N2O/c1-12(17(20)13-7-3-2-4-8-13)16-11-18-14-9-5-6-10-15(14)19-16/h2-12H,1H3. The highest BCUT2D eigenvalue weighted by atomic mass is 16.1. The summed E-state index contributed by atoms with van der Waals surface area (Å²) >= 11 is 0. The lowest BCUT2D eigenvalue weighted by molar-refractivity contribution is 0.0964. The molecule has 1 atom stereocenters. The van der Waals surface area contributed by atoms with E-state index in [-0.39, 0.29) is 11.7 Å². The molecule has 1 heterocycles. The average molecular weight is 262 g/mol. The lowest BCUT2D eigenvalue weighted by Crippen LogP contribution is -2.11. The van der Waals surface area contributed by atoms with E-state index < -0.39 is 0 Å². The minimum atomic E-state index is -0.297. The lowest BCUT2D eigenvalue weighted by atomic mass is 9.96. The van der Waals surface area contributed by atoms with Crippen molar-refractivity contribution in [1.29, 1.82) is 0 Å². The molecule has 0 aliphatic rings. The van der Waals surface area contributed by atoms with Gasteiger partial charge in [-0.3, -0.25) is 9.78 Å². The highest BCUT2D eigenvalue weighted by Gasteiger charge is 2.18. The SMILES string of the molecule is CC(C(=O)c1ccccc1)c1cnc2ccccc2n1. The smallest absolute Gasteiger partial charge is 0.171 e. The fourth-order valence-electron chi connectivity index (χ4n) is 2.17. The maximum absolute atomic E-state index is 12.4. The van der Waals surface area contributed by atoms with Gasteiger partial charge in [0.1, 0.15) is 0 Å². The van der Waals surface area contributed by atoms with Crippen molar-refractivity contribution < 1.29 is 4.79 Å². The van der Waals surface area contributed by atoms with Crippen LogP contribution in [0, 0.1) is 0 Å². The fourth-order valence-corrected chi connectivity index (χ4v) is 2.17. The molecular weight excluding hydrogens is 248 g/mol. The summed E-state index contributed by atoms with van der Waals surface area (Å²) in [5, 5.41) is 0. The number of benzene rings is 2. The van der Waals surface area contributed by atoms with Gasteiger partial charge in [0, 0.05) is 11.8 Å². The van der Waals surface area contributed by atoms with Crippen LogP contribution >= 0.6 is 0 Å². The second kappa shape index (κ2) is 5.21. The summed E-state index contributed by atoms with van der Waals surface area (Å²) in [4.78, 5) is 21.3. The summed E-state index contributed by atoms with van der Waals surface area (Å²) in [6.07, 6.45) is 1.69. The van der Waals surface area contributed by atoms with Crippen LogP contribution in [0.3, 0.4) is 0 Å². The van der Waals surface area contributed by atoms with Gasteiger partial charge in [-0.25, -0.2) is 4.98 Å². The number of nitrogens with zero attached hydrogens (tertiary/aromatic N) is 2. The van der Waals surface area contributed by atoms with Gasteiger partial charge in [0.05, 0.1) is 22.6 Å². The van der Waals surface area contributed by atoms with Crippen molar-refractivity contribution >= 4 is 16.8 Å². The van der Waals surface area contributed by atoms with E-state index in [1.54, 1.807) is 6.20 Å². The van der Waals surface area contributed by atoms with E-state index in [1.165, 1.54) is 0 Å². The highest BCUT2D eigenvalue weighted by molar-refractivity contribution is 6.00. The van der Waals surface area contributed by atoms with E-state index in [0.29, 0.717) is 11.3 Å². The van der Waals surface area contributed by atoms with Crippen LogP contribution in [0.15, 0.2) is 60.8 Å². The molecule has 3 heteroatoms. The Kier molecular flexibility index (Phi) is 3.25. The number of aromatic nitrogens is 2. The molecular formula is C17H14N2O. The molecule has 3 aromatic rings. The second-order valence-corrected chi connectivity index (χ2v) is 4.74. The van der Waals surface area contributed by atoms with E-state index in [2.05, 4.69) is 9.97 Å². The zero-order valence-electron chi connectivity index (χ0n) is 11.2. The molecule has 0 aliphatic carbocycles. The fraction of sp³-hybridized carbons (Fsp3) is 0.118. The quantitative estimate of drug-likeness (QED) is 0.677. The van der Waals surface area contributed by atoms with Crippen molar-refractivity contribution in [2.45, 2.75) is 12.8 Å². The van der Waals surface area contributed by atoms with Crippen molar-refractivity contribution in [3.8, 4) is 0 Å². The van der Waals surface area contributed by atoms with Crippen LogP contribution in [-0.2, 0) is 0 Å². The predicted molar refractivity (Wildman–Crippen MR) is 78.7 cm³/mol. The molecule has 0 saturated heterocycles. The van der Waals surface area contributed by atoms with Crippen molar-refractivity contribution in [3.05, 3.63) is 72.1 Å². The number of ketones is 1. The van der Waals surface area contributed by atoms with Gasteiger partial charge in [0.2, 0.25) is 0 Å². The summed E-state index contributed by atoms with van der Waals surface area (Å²) in [5.41, 5.74) is 3.07. The predicted octanol–water partition coefficient (Wildman–Crippen LogP) is 3.62.